The summed E-state index contributed by atoms with van der Waals surface area (Å²) in [5.41, 5.74) is 1.74. The number of benzene rings is 1. The molecular formula is C21H36N4O4. The van der Waals surface area contributed by atoms with Crippen LogP contribution in [0, 0.1) is 0 Å². The number of aliphatic imine (C=N–C) groups is 1. The normalized spacial score (nSPS) is 11.8. The second-order valence-corrected chi connectivity index (χ2v) is 7.35. The average Bonchev–Trinajstić information content (AvgIpc) is 2.66. The maximum Gasteiger partial charge on any atom is 0.407 e. The Kier molecular flexibility index (Phi) is 11.8. The van der Waals surface area contributed by atoms with E-state index in [1.807, 2.05) is 45.9 Å². The largest absolute Gasteiger partial charge is 0.444 e. The molecule has 0 heterocycles. The van der Waals surface area contributed by atoms with Gasteiger partial charge in [-0.25, -0.2) is 4.79 Å². The number of alkyl carbamates (subject to hydrolysis) is 1. The van der Waals surface area contributed by atoms with Crippen LogP contribution in [0.1, 0.15) is 38.8 Å². The van der Waals surface area contributed by atoms with Gasteiger partial charge in [0.05, 0.1) is 19.8 Å². The first-order chi connectivity index (χ1) is 13.8. The van der Waals surface area contributed by atoms with Crippen molar-refractivity contribution in [3.63, 3.8) is 0 Å². The van der Waals surface area contributed by atoms with Crippen molar-refractivity contribution in [3.05, 3.63) is 35.4 Å². The molecule has 1 amide bonds. The summed E-state index contributed by atoms with van der Waals surface area (Å²) in [5.74, 6) is 0.661. The van der Waals surface area contributed by atoms with E-state index in [9.17, 15) is 4.79 Å². The van der Waals surface area contributed by atoms with Crippen molar-refractivity contribution in [3.8, 4) is 0 Å². The summed E-state index contributed by atoms with van der Waals surface area (Å²) in [6.45, 7) is 11.5. The van der Waals surface area contributed by atoms with E-state index in [1.54, 1.807) is 7.05 Å². The lowest BCUT2D eigenvalue weighted by Crippen LogP contribution is -2.42. The summed E-state index contributed by atoms with van der Waals surface area (Å²) in [7, 11) is 1.71. The third kappa shape index (κ3) is 12.7. The van der Waals surface area contributed by atoms with Gasteiger partial charge in [-0.3, -0.25) is 4.99 Å². The highest BCUT2D eigenvalue weighted by molar-refractivity contribution is 5.79. The Labute approximate surface area is 174 Å². The maximum absolute atomic E-state index is 11.6. The van der Waals surface area contributed by atoms with Gasteiger partial charge < -0.3 is 30.2 Å². The Morgan fingerprint density at radius 3 is 2.41 bits per heavy atom. The summed E-state index contributed by atoms with van der Waals surface area (Å²) in [6.07, 6.45) is -0.428. The number of ether oxygens (including phenoxy) is 3. The highest BCUT2D eigenvalue weighted by atomic mass is 16.6. The van der Waals surface area contributed by atoms with Crippen molar-refractivity contribution in [2.24, 2.45) is 4.99 Å². The fourth-order valence-corrected chi connectivity index (χ4v) is 2.35. The van der Waals surface area contributed by atoms with E-state index in [4.69, 9.17) is 14.2 Å². The predicted octanol–water partition coefficient (Wildman–Crippen LogP) is 2.43. The zero-order chi connectivity index (χ0) is 21.5. The second kappa shape index (κ2) is 13.8. The van der Waals surface area contributed by atoms with Crippen LogP contribution < -0.4 is 16.0 Å². The number of carbonyl (C=O) groups excluding carboxylic acids is 1. The summed E-state index contributed by atoms with van der Waals surface area (Å²) < 4.78 is 16.1. The summed E-state index contributed by atoms with van der Waals surface area (Å²) in [5, 5.41) is 9.12. The minimum Gasteiger partial charge on any atom is -0.444 e. The molecule has 0 aliphatic carbocycles. The third-order valence-electron chi connectivity index (χ3n) is 3.61. The molecule has 0 saturated heterocycles. The molecule has 0 atom stereocenters. The lowest BCUT2D eigenvalue weighted by molar-refractivity contribution is 0.0453. The van der Waals surface area contributed by atoms with E-state index in [1.165, 1.54) is 0 Å². The SMILES string of the molecule is CCOCCOCc1cccc(CNC(=NC)NCCNC(=O)OC(C)(C)C)c1. The molecule has 1 rings (SSSR count). The van der Waals surface area contributed by atoms with Crippen molar-refractivity contribution in [1.29, 1.82) is 0 Å². The molecule has 0 unspecified atom stereocenters. The lowest BCUT2D eigenvalue weighted by atomic mass is 10.1. The number of hydrogen-bond donors (Lipinski definition) is 3. The molecule has 1 aromatic rings. The van der Waals surface area contributed by atoms with Gasteiger partial charge in [0.2, 0.25) is 0 Å². The molecule has 0 aliphatic rings. The highest BCUT2D eigenvalue weighted by Gasteiger charge is 2.15. The van der Waals surface area contributed by atoms with E-state index in [0.29, 0.717) is 52.0 Å². The first-order valence-electron chi connectivity index (χ1n) is 9.98. The molecule has 0 aromatic heterocycles. The van der Waals surface area contributed by atoms with Crippen molar-refractivity contribution < 1.29 is 19.0 Å². The number of rotatable bonds is 11. The fraction of sp³-hybridized carbons (Fsp3) is 0.619. The van der Waals surface area contributed by atoms with Crippen LogP contribution >= 0.6 is 0 Å². The number of carbonyl (C=O) groups is 1. The molecule has 0 bridgehead atoms. The maximum atomic E-state index is 11.6. The van der Waals surface area contributed by atoms with E-state index < -0.39 is 11.7 Å². The molecule has 0 saturated carbocycles. The average molecular weight is 409 g/mol. The molecule has 8 nitrogen and oxygen atoms in total. The van der Waals surface area contributed by atoms with Gasteiger partial charge >= 0.3 is 6.09 Å². The van der Waals surface area contributed by atoms with Crippen LogP contribution in [0.15, 0.2) is 29.3 Å². The standard InChI is InChI=1S/C21H36N4O4/c1-6-27-12-13-28-16-18-9-7-8-17(14-18)15-25-19(22-5)23-10-11-24-20(26)29-21(2,3)4/h7-9,14H,6,10-13,15-16H2,1-5H3,(H,24,26)(H2,22,23,25). The van der Waals surface area contributed by atoms with Crippen LogP contribution in [0.4, 0.5) is 4.79 Å². The topological polar surface area (TPSA) is 93.2 Å². The van der Waals surface area contributed by atoms with Gasteiger partial charge in [-0.15, -0.1) is 0 Å². The first kappa shape index (κ1) is 24.7. The quantitative estimate of drug-likeness (QED) is 0.296. The van der Waals surface area contributed by atoms with E-state index in [2.05, 4.69) is 27.0 Å². The molecular weight excluding hydrogens is 372 g/mol. The minimum absolute atomic E-state index is 0.428. The zero-order valence-corrected chi connectivity index (χ0v) is 18.3. The monoisotopic (exact) mass is 408 g/mol. The van der Waals surface area contributed by atoms with E-state index in [-0.39, 0.29) is 0 Å². The van der Waals surface area contributed by atoms with E-state index >= 15 is 0 Å². The molecule has 0 fully saturated rings. The predicted molar refractivity (Wildman–Crippen MR) is 115 cm³/mol. The number of nitrogens with one attached hydrogen (secondary N) is 3. The van der Waals surface area contributed by atoms with Gasteiger partial charge in [0.1, 0.15) is 5.60 Å². The Balaban J connectivity index is 2.30. The van der Waals surface area contributed by atoms with Crippen molar-refractivity contribution in [2.45, 2.75) is 46.4 Å². The molecule has 0 aliphatic heterocycles. The first-order valence-corrected chi connectivity index (χ1v) is 9.98. The number of hydrogen-bond acceptors (Lipinski definition) is 5. The van der Waals surface area contributed by atoms with Crippen LogP contribution in [-0.4, -0.2) is 57.6 Å². The molecule has 1 aromatic carbocycles. The molecule has 29 heavy (non-hydrogen) atoms. The molecule has 3 N–H and O–H groups in total. The molecule has 0 radical (unpaired) electrons. The fourth-order valence-electron chi connectivity index (χ4n) is 2.35. The number of nitrogens with zero attached hydrogens (tertiary/aromatic N) is 1. The van der Waals surface area contributed by atoms with Crippen LogP contribution in [0.2, 0.25) is 0 Å². The Bertz CT molecular complexity index is 629. The van der Waals surface area contributed by atoms with E-state index in [0.717, 1.165) is 11.1 Å². The van der Waals surface area contributed by atoms with Crippen LogP contribution in [0.25, 0.3) is 0 Å². The van der Waals surface area contributed by atoms with Crippen molar-refractivity contribution >= 4 is 12.1 Å². The molecule has 164 valence electrons. The number of amides is 1. The van der Waals surface area contributed by atoms with Gasteiger partial charge in [-0.1, -0.05) is 24.3 Å². The third-order valence-corrected chi connectivity index (χ3v) is 3.61. The summed E-state index contributed by atoms with van der Waals surface area (Å²) >= 11 is 0. The van der Waals surface area contributed by atoms with Gasteiger partial charge in [0.15, 0.2) is 5.96 Å². The summed E-state index contributed by atoms with van der Waals surface area (Å²) in [4.78, 5) is 15.8. The van der Waals surface area contributed by atoms with Gasteiger partial charge in [0, 0.05) is 33.3 Å². The molecule has 0 spiro atoms. The summed E-state index contributed by atoms with van der Waals surface area (Å²) in [6, 6.07) is 8.21. The van der Waals surface area contributed by atoms with Gasteiger partial charge in [-0.05, 0) is 38.8 Å². The zero-order valence-electron chi connectivity index (χ0n) is 18.3. The minimum atomic E-state index is -0.502. The lowest BCUT2D eigenvalue weighted by Gasteiger charge is -2.20. The van der Waals surface area contributed by atoms with Gasteiger partial charge in [0.25, 0.3) is 0 Å². The Morgan fingerprint density at radius 1 is 1.03 bits per heavy atom. The van der Waals surface area contributed by atoms with Crippen molar-refractivity contribution in [2.75, 3.05) is 40.0 Å². The van der Waals surface area contributed by atoms with Crippen molar-refractivity contribution in [1.82, 2.24) is 16.0 Å². The number of guanidine groups is 1. The van der Waals surface area contributed by atoms with Crippen LogP contribution in [0.5, 0.6) is 0 Å². The highest BCUT2D eigenvalue weighted by Crippen LogP contribution is 2.07. The second-order valence-electron chi connectivity index (χ2n) is 7.35. The van der Waals surface area contributed by atoms with Crippen LogP contribution in [-0.2, 0) is 27.4 Å². The Hall–Kier alpha value is -2.32. The smallest absolute Gasteiger partial charge is 0.407 e. The molecule has 8 heteroatoms. The Morgan fingerprint density at radius 2 is 1.72 bits per heavy atom. The van der Waals surface area contributed by atoms with Gasteiger partial charge in [-0.2, -0.15) is 0 Å². The van der Waals surface area contributed by atoms with Crippen LogP contribution in [0.3, 0.4) is 0 Å².